The topological polar surface area (TPSA) is 79.7 Å². The summed E-state index contributed by atoms with van der Waals surface area (Å²) in [5.41, 5.74) is 2.46. The first-order valence-corrected chi connectivity index (χ1v) is 10.8. The van der Waals surface area contributed by atoms with Crippen LogP contribution in [0.3, 0.4) is 0 Å². The van der Waals surface area contributed by atoms with E-state index >= 15 is 0 Å². The normalized spacial score (nSPS) is 17.5. The number of carbonyl (C=O) groups excluding carboxylic acids is 2. The van der Waals surface area contributed by atoms with Gasteiger partial charge in [0.05, 0.1) is 28.8 Å². The summed E-state index contributed by atoms with van der Waals surface area (Å²) in [6, 6.07) is 12.7. The maximum Gasteiger partial charge on any atom is 0.295 e. The number of likely N-dealkylation sites (tertiary alicyclic amines) is 1. The predicted molar refractivity (Wildman–Crippen MR) is 126 cm³/mol. The van der Waals surface area contributed by atoms with Crippen molar-refractivity contribution < 1.29 is 19.4 Å². The second-order valence-electron chi connectivity index (χ2n) is 7.64. The lowest BCUT2D eigenvalue weighted by molar-refractivity contribution is -0.140. The van der Waals surface area contributed by atoms with E-state index in [4.69, 9.17) is 27.9 Å². The van der Waals surface area contributed by atoms with Crippen LogP contribution in [0.4, 0.5) is 0 Å². The first-order valence-electron chi connectivity index (χ1n) is 10.1. The van der Waals surface area contributed by atoms with Crippen molar-refractivity contribution in [1.82, 2.24) is 9.88 Å². The van der Waals surface area contributed by atoms with Gasteiger partial charge in [-0.3, -0.25) is 14.6 Å². The van der Waals surface area contributed by atoms with Crippen molar-refractivity contribution in [3.63, 3.8) is 0 Å². The number of pyridine rings is 1. The lowest BCUT2D eigenvalue weighted by Gasteiger charge is -2.26. The molecule has 0 aliphatic carbocycles. The number of hydrogen-bond donors (Lipinski definition) is 1. The monoisotopic (exact) mass is 482 g/mol. The van der Waals surface area contributed by atoms with Gasteiger partial charge in [0, 0.05) is 24.5 Å². The van der Waals surface area contributed by atoms with E-state index in [2.05, 4.69) is 4.98 Å². The number of rotatable bonds is 5. The van der Waals surface area contributed by atoms with Crippen molar-refractivity contribution in [3.05, 3.63) is 98.8 Å². The smallest absolute Gasteiger partial charge is 0.295 e. The summed E-state index contributed by atoms with van der Waals surface area (Å²) in [4.78, 5) is 31.7. The Labute approximate surface area is 201 Å². The fraction of sp³-hybridized carbons (Fsp3) is 0.160. The van der Waals surface area contributed by atoms with Crippen LogP contribution in [0.1, 0.15) is 28.3 Å². The molecule has 33 heavy (non-hydrogen) atoms. The number of aliphatic hydroxyl groups is 1. The van der Waals surface area contributed by atoms with Crippen LogP contribution in [0.2, 0.25) is 10.0 Å². The highest BCUT2D eigenvalue weighted by Gasteiger charge is 2.46. The summed E-state index contributed by atoms with van der Waals surface area (Å²) >= 11 is 12.4. The van der Waals surface area contributed by atoms with Crippen LogP contribution in [0.15, 0.2) is 66.5 Å². The van der Waals surface area contributed by atoms with Crippen molar-refractivity contribution in [3.8, 4) is 5.75 Å². The molecule has 1 saturated heterocycles. The Bertz CT molecular complexity index is 1270. The van der Waals surface area contributed by atoms with Gasteiger partial charge in [0.1, 0.15) is 11.5 Å². The van der Waals surface area contributed by atoms with E-state index < -0.39 is 17.7 Å². The number of aromatic nitrogens is 1. The molecule has 4 rings (SSSR count). The van der Waals surface area contributed by atoms with Crippen molar-refractivity contribution in [2.24, 2.45) is 0 Å². The number of carbonyl (C=O) groups is 2. The van der Waals surface area contributed by atoms with Crippen molar-refractivity contribution >= 4 is 40.7 Å². The lowest BCUT2D eigenvalue weighted by atomic mass is 9.93. The quantitative estimate of drug-likeness (QED) is 0.302. The van der Waals surface area contributed by atoms with Crippen molar-refractivity contribution in [1.29, 1.82) is 0 Å². The summed E-state index contributed by atoms with van der Waals surface area (Å²) < 4.78 is 5.23. The zero-order valence-electron chi connectivity index (χ0n) is 17.9. The maximum atomic E-state index is 13.2. The molecule has 1 aliphatic rings. The van der Waals surface area contributed by atoms with Gasteiger partial charge in [-0.05, 0) is 66.1 Å². The minimum atomic E-state index is -0.852. The summed E-state index contributed by atoms with van der Waals surface area (Å²) in [7, 11) is 1.54. The zero-order chi connectivity index (χ0) is 23.7. The molecule has 168 valence electrons. The number of Topliss-reactive ketones (excluding diaryl/α,β-unsaturated/α-hetero) is 1. The first kappa shape index (κ1) is 22.8. The number of ether oxygens (including phenoxy) is 1. The fourth-order valence-corrected chi connectivity index (χ4v) is 4.24. The highest BCUT2D eigenvalue weighted by Crippen LogP contribution is 2.42. The van der Waals surface area contributed by atoms with Crippen molar-refractivity contribution in [2.45, 2.75) is 19.5 Å². The number of amides is 1. The number of halogens is 2. The third-order valence-electron chi connectivity index (χ3n) is 5.59. The number of hydrogen-bond acceptors (Lipinski definition) is 5. The van der Waals surface area contributed by atoms with Gasteiger partial charge in [0.2, 0.25) is 0 Å². The Morgan fingerprint density at radius 1 is 1.06 bits per heavy atom. The molecular formula is C25H20Cl2N2O4. The Kier molecular flexibility index (Phi) is 6.40. The molecule has 1 atom stereocenters. The number of nitrogens with zero attached hydrogens (tertiary/aromatic N) is 2. The van der Waals surface area contributed by atoms with Gasteiger partial charge < -0.3 is 14.7 Å². The average molecular weight is 483 g/mol. The zero-order valence-corrected chi connectivity index (χ0v) is 19.4. The minimum Gasteiger partial charge on any atom is -0.507 e. The highest BCUT2D eigenvalue weighted by atomic mass is 35.5. The van der Waals surface area contributed by atoms with Crippen LogP contribution in [-0.4, -0.2) is 33.8 Å². The van der Waals surface area contributed by atoms with Crippen LogP contribution >= 0.6 is 23.2 Å². The predicted octanol–water partition coefficient (Wildman–Crippen LogP) is 5.33. The van der Waals surface area contributed by atoms with E-state index in [9.17, 15) is 14.7 Å². The molecule has 1 unspecified atom stereocenters. The summed E-state index contributed by atoms with van der Waals surface area (Å²) in [5, 5.41) is 11.9. The largest absolute Gasteiger partial charge is 0.507 e. The van der Waals surface area contributed by atoms with Gasteiger partial charge in [-0.2, -0.15) is 0 Å². The number of methoxy groups -OCH3 is 1. The van der Waals surface area contributed by atoms with Crippen LogP contribution in [-0.2, 0) is 16.1 Å². The van der Waals surface area contributed by atoms with Gasteiger partial charge in [0.25, 0.3) is 11.7 Å². The third-order valence-corrected chi connectivity index (χ3v) is 6.33. The van der Waals surface area contributed by atoms with Gasteiger partial charge in [0.15, 0.2) is 0 Å². The fourth-order valence-electron chi connectivity index (χ4n) is 3.93. The van der Waals surface area contributed by atoms with E-state index in [1.807, 2.05) is 0 Å². The van der Waals surface area contributed by atoms with Crippen LogP contribution in [0, 0.1) is 6.92 Å². The molecule has 6 nitrogen and oxygen atoms in total. The maximum absolute atomic E-state index is 13.2. The molecule has 1 N–H and O–H groups in total. The molecule has 0 spiro atoms. The summed E-state index contributed by atoms with van der Waals surface area (Å²) in [6.45, 7) is 1.94. The van der Waals surface area contributed by atoms with E-state index in [1.165, 1.54) is 4.90 Å². The Morgan fingerprint density at radius 3 is 2.42 bits per heavy atom. The van der Waals surface area contributed by atoms with Crippen LogP contribution in [0.25, 0.3) is 5.76 Å². The molecule has 0 radical (unpaired) electrons. The second kappa shape index (κ2) is 9.25. The number of benzene rings is 2. The Hall–Kier alpha value is -3.35. The van der Waals surface area contributed by atoms with Gasteiger partial charge in [-0.1, -0.05) is 29.3 Å². The van der Waals surface area contributed by atoms with Crippen molar-refractivity contribution in [2.75, 3.05) is 7.11 Å². The summed E-state index contributed by atoms with van der Waals surface area (Å²) in [6.07, 6.45) is 3.22. The molecule has 3 aromatic rings. The number of aliphatic hydroxyl groups excluding tert-OH is 1. The second-order valence-corrected chi connectivity index (χ2v) is 8.45. The molecule has 2 aromatic carbocycles. The molecule has 1 amide bonds. The molecule has 0 saturated carbocycles. The highest BCUT2D eigenvalue weighted by molar-refractivity contribution is 6.46. The minimum absolute atomic E-state index is 0.0132. The molecule has 1 aromatic heterocycles. The Balaban J connectivity index is 1.90. The molecule has 8 heteroatoms. The van der Waals surface area contributed by atoms with Crippen LogP contribution < -0.4 is 4.74 Å². The van der Waals surface area contributed by atoms with E-state index in [0.717, 1.165) is 5.56 Å². The van der Waals surface area contributed by atoms with E-state index in [0.29, 0.717) is 27.5 Å². The number of ketones is 1. The molecule has 1 fully saturated rings. The SMILES string of the molecule is COc1ccc(/C(O)=C2/C(=O)C(=O)N(Cc3ccncc3)C2c2ccc(Cl)c(Cl)c2)c(C)c1. The van der Waals surface area contributed by atoms with Gasteiger partial charge in [-0.25, -0.2) is 0 Å². The van der Waals surface area contributed by atoms with Crippen LogP contribution in [0.5, 0.6) is 5.75 Å². The molecule has 1 aliphatic heterocycles. The summed E-state index contributed by atoms with van der Waals surface area (Å²) in [5.74, 6) is -1.13. The molecule has 0 bridgehead atoms. The van der Waals surface area contributed by atoms with E-state index in [-0.39, 0.29) is 22.9 Å². The van der Waals surface area contributed by atoms with Gasteiger partial charge in [-0.15, -0.1) is 0 Å². The average Bonchev–Trinajstić information content (AvgIpc) is 3.06. The first-order chi connectivity index (χ1) is 15.8. The third kappa shape index (κ3) is 4.32. The molecule has 2 heterocycles. The van der Waals surface area contributed by atoms with Gasteiger partial charge >= 0.3 is 0 Å². The Morgan fingerprint density at radius 2 is 1.79 bits per heavy atom. The molecular weight excluding hydrogens is 463 g/mol. The lowest BCUT2D eigenvalue weighted by Crippen LogP contribution is -2.29. The number of aryl methyl sites for hydroxylation is 1. The standard InChI is InChI=1S/C25H20Cl2N2O4/c1-14-11-17(33-2)4-5-18(14)23(30)21-22(16-3-6-19(26)20(27)12-16)29(25(32)24(21)31)13-15-7-9-28-10-8-15/h3-12,22,30H,13H2,1-2H3/b23-21-. The van der Waals surface area contributed by atoms with E-state index in [1.54, 1.807) is 75.0 Å².